The van der Waals surface area contributed by atoms with Gasteiger partial charge in [0, 0.05) is 25.3 Å². The van der Waals surface area contributed by atoms with E-state index in [4.69, 9.17) is 5.73 Å². The molecule has 0 saturated carbocycles. The number of hydrogen-bond donors (Lipinski definition) is 1. The Morgan fingerprint density at radius 3 is 1.12 bits per heavy atom. The van der Waals surface area contributed by atoms with E-state index in [0.29, 0.717) is 0 Å². The van der Waals surface area contributed by atoms with E-state index in [1.807, 2.05) is 17.8 Å². The molecule has 1 aliphatic rings. The fourth-order valence-electron chi connectivity index (χ4n) is 4.29. The molecule has 0 fully saturated rings. The number of anilines is 1. The fraction of sp³-hybridized carbons (Fsp3) is 0. The monoisotopic (exact) mass is 459 g/mol. The van der Waals surface area contributed by atoms with Crippen LogP contribution in [0.15, 0.2) is 135 Å². The molecular weight excluding hydrogens is 438 g/mol. The molecule has 33 heavy (non-hydrogen) atoms. The van der Waals surface area contributed by atoms with Gasteiger partial charge in [-0.15, -0.1) is 0 Å². The number of benzene rings is 5. The van der Waals surface area contributed by atoms with Gasteiger partial charge in [-0.3, -0.25) is 0 Å². The molecule has 1 aliphatic heterocycles. The molecule has 158 valence electrons. The summed E-state index contributed by atoms with van der Waals surface area (Å²) in [7, 11) is 0. The van der Waals surface area contributed by atoms with Crippen molar-refractivity contribution < 1.29 is 0 Å². The lowest BCUT2D eigenvalue weighted by atomic mass is 10.00. The summed E-state index contributed by atoms with van der Waals surface area (Å²) in [6.07, 6.45) is 0. The Labute approximate surface area is 202 Å². The van der Waals surface area contributed by atoms with Crippen molar-refractivity contribution in [1.82, 2.24) is 0 Å². The van der Waals surface area contributed by atoms with Crippen LogP contribution in [0.5, 0.6) is 0 Å². The first-order valence-electron chi connectivity index (χ1n) is 10.9. The summed E-state index contributed by atoms with van der Waals surface area (Å²) in [4.78, 5) is 4.96. The molecule has 5 aromatic rings. The molecule has 0 unspecified atom stereocenters. The lowest BCUT2D eigenvalue weighted by Crippen LogP contribution is -2.00. The average Bonchev–Trinajstić information content (AvgIpc) is 2.89. The third-order valence-electron chi connectivity index (χ3n) is 5.92. The second-order valence-electron chi connectivity index (χ2n) is 7.98. The van der Waals surface area contributed by atoms with Gasteiger partial charge in [0.1, 0.15) is 0 Å². The maximum atomic E-state index is 6.55. The quantitative estimate of drug-likeness (QED) is 0.268. The molecule has 1 nitrogen and oxygen atoms in total. The van der Waals surface area contributed by atoms with Crippen LogP contribution in [0.1, 0.15) is 0 Å². The maximum Gasteiger partial charge on any atom is 0.0498 e. The highest BCUT2D eigenvalue weighted by atomic mass is 32.2. The molecule has 0 radical (unpaired) electrons. The Balaban J connectivity index is 1.60. The van der Waals surface area contributed by atoms with E-state index in [9.17, 15) is 0 Å². The van der Waals surface area contributed by atoms with Crippen molar-refractivity contribution in [2.75, 3.05) is 5.73 Å². The summed E-state index contributed by atoms with van der Waals surface area (Å²) in [6, 6.07) is 40.6. The van der Waals surface area contributed by atoms with Crippen molar-refractivity contribution in [2.45, 2.75) is 19.6 Å². The first-order valence-corrected chi connectivity index (χ1v) is 12.5. The standard InChI is InChI=1S/C30H21NS2/c31-26-19-18-25(22-14-8-3-9-15-22)29-30(26)33-28-24(21-12-6-2-7-13-21)17-16-23(27(28)32-29)20-10-4-1-5-11-20/h1-19H,31H2. The molecule has 6 rings (SSSR count). The Hall–Kier alpha value is -3.40. The van der Waals surface area contributed by atoms with Crippen LogP contribution in [0, 0.1) is 0 Å². The Kier molecular flexibility index (Phi) is 5.21. The number of rotatable bonds is 3. The topological polar surface area (TPSA) is 26.0 Å². The summed E-state index contributed by atoms with van der Waals surface area (Å²) >= 11 is 3.65. The largest absolute Gasteiger partial charge is 0.398 e. The number of hydrogen-bond acceptors (Lipinski definition) is 3. The van der Waals surface area contributed by atoms with Crippen molar-refractivity contribution in [3.8, 4) is 33.4 Å². The van der Waals surface area contributed by atoms with Crippen molar-refractivity contribution in [1.29, 1.82) is 0 Å². The first-order chi connectivity index (χ1) is 16.3. The fourth-order valence-corrected chi connectivity index (χ4v) is 7.09. The van der Waals surface area contributed by atoms with Crippen LogP contribution in [-0.2, 0) is 0 Å². The summed E-state index contributed by atoms with van der Waals surface area (Å²) < 4.78 is 0. The SMILES string of the molecule is Nc1ccc(-c2ccccc2)c2c1Sc1c(-c3ccccc3)ccc(-c3ccccc3)c1S2. The first kappa shape index (κ1) is 20.2. The molecule has 0 saturated heterocycles. The molecular formula is C30H21NS2. The van der Waals surface area contributed by atoms with Crippen molar-refractivity contribution in [3.05, 3.63) is 115 Å². The van der Waals surface area contributed by atoms with Gasteiger partial charge in [-0.25, -0.2) is 0 Å². The smallest absolute Gasteiger partial charge is 0.0498 e. The third-order valence-corrected chi connectivity index (χ3v) is 8.70. The van der Waals surface area contributed by atoms with Crippen LogP contribution < -0.4 is 5.73 Å². The van der Waals surface area contributed by atoms with Crippen LogP contribution in [0.2, 0.25) is 0 Å². The van der Waals surface area contributed by atoms with Crippen molar-refractivity contribution in [3.63, 3.8) is 0 Å². The van der Waals surface area contributed by atoms with Gasteiger partial charge >= 0.3 is 0 Å². The summed E-state index contributed by atoms with van der Waals surface area (Å²) in [5, 5.41) is 0. The minimum absolute atomic E-state index is 0.831. The van der Waals surface area contributed by atoms with Crippen LogP contribution in [0.4, 0.5) is 5.69 Å². The van der Waals surface area contributed by atoms with Gasteiger partial charge in [0.25, 0.3) is 0 Å². The van der Waals surface area contributed by atoms with E-state index in [-0.39, 0.29) is 0 Å². The van der Waals surface area contributed by atoms with Crippen LogP contribution in [-0.4, -0.2) is 0 Å². The Morgan fingerprint density at radius 1 is 0.364 bits per heavy atom. The van der Waals surface area contributed by atoms with Crippen LogP contribution >= 0.6 is 23.5 Å². The lowest BCUT2D eigenvalue weighted by Gasteiger charge is -2.27. The maximum absolute atomic E-state index is 6.55. The second kappa shape index (κ2) is 8.51. The molecule has 5 aromatic carbocycles. The summed E-state index contributed by atoms with van der Waals surface area (Å²) in [5.41, 5.74) is 14.8. The van der Waals surface area contributed by atoms with Gasteiger partial charge in [-0.05, 0) is 39.4 Å². The molecule has 3 heteroatoms. The highest BCUT2D eigenvalue weighted by molar-refractivity contribution is 8.05. The predicted molar refractivity (Wildman–Crippen MR) is 142 cm³/mol. The van der Waals surface area contributed by atoms with Crippen LogP contribution in [0.3, 0.4) is 0 Å². The number of nitrogens with two attached hydrogens (primary N) is 1. The normalized spacial score (nSPS) is 12.1. The summed E-state index contributed by atoms with van der Waals surface area (Å²) in [5.74, 6) is 0. The molecule has 0 bridgehead atoms. The number of nitrogen functional groups attached to an aromatic ring is 1. The van der Waals surface area contributed by atoms with E-state index in [1.165, 1.54) is 48.1 Å². The zero-order chi connectivity index (χ0) is 22.2. The highest BCUT2D eigenvalue weighted by Crippen LogP contribution is 2.58. The van der Waals surface area contributed by atoms with E-state index in [2.05, 4.69) is 109 Å². The van der Waals surface area contributed by atoms with E-state index in [1.54, 1.807) is 11.8 Å². The zero-order valence-corrected chi connectivity index (χ0v) is 19.5. The average molecular weight is 460 g/mol. The van der Waals surface area contributed by atoms with Gasteiger partial charge < -0.3 is 5.73 Å². The van der Waals surface area contributed by atoms with Crippen molar-refractivity contribution >= 4 is 29.2 Å². The van der Waals surface area contributed by atoms with E-state index < -0.39 is 0 Å². The minimum Gasteiger partial charge on any atom is -0.398 e. The molecule has 0 atom stereocenters. The van der Waals surface area contributed by atoms with Gasteiger partial charge in [-0.1, -0.05) is 133 Å². The predicted octanol–water partition coefficient (Wildman–Crippen LogP) is 8.89. The second-order valence-corrected chi connectivity index (χ2v) is 10.0. The minimum atomic E-state index is 0.831. The van der Waals surface area contributed by atoms with Gasteiger partial charge in [0.15, 0.2) is 0 Å². The zero-order valence-electron chi connectivity index (χ0n) is 17.9. The van der Waals surface area contributed by atoms with Crippen molar-refractivity contribution in [2.24, 2.45) is 0 Å². The molecule has 0 spiro atoms. The van der Waals surface area contributed by atoms with Gasteiger partial charge in [0.2, 0.25) is 0 Å². The molecule has 1 heterocycles. The Morgan fingerprint density at radius 2 is 0.697 bits per heavy atom. The molecule has 0 aliphatic carbocycles. The molecule has 0 aromatic heterocycles. The summed E-state index contributed by atoms with van der Waals surface area (Å²) in [6.45, 7) is 0. The van der Waals surface area contributed by atoms with Gasteiger partial charge in [0.05, 0.1) is 0 Å². The van der Waals surface area contributed by atoms with E-state index in [0.717, 1.165) is 10.6 Å². The molecule has 0 amide bonds. The highest BCUT2D eigenvalue weighted by Gasteiger charge is 2.27. The number of fused-ring (bicyclic) bond motifs is 2. The van der Waals surface area contributed by atoms with Gasteiger partial charge in [-0.2, -0.15) is 0 Å². The third kappa shape index (κ3) is 3.64. The Bertz CT molecular complexity index is 1450. The molecule has 2 N–H and O–H groups in total. The van der Waals surface area contributed by atoms with Crippen LogP contribution in [0.25, 0.3) is 33.4 Å². The van der Waals surface area contributed by atoms with E-state index >= 15 is 0 Å². The lowest BCUT2D eigenvalue weighted by molar-refractivity contribution is 1.17.